The molecular formula is C52H51B2N. The highest BCUT2D eigenvalue weighted by molar-refractivity contribution is 6.98. The van der Waals surface area contributed by atoms with Gasteiger partial charge >= 0.3 is 0 Å². The van der Waals surface area contributed by atoms with Crippen LogP contribution in [0.2, 0.25) is 0 Å². The van der Waals surface area contributed by atoms with E-state index in [9.17, 15) is 0 Å². The summed E-state index contributed by atoms with van der Waals surface area (Å²) in [7, 11) is 0. The highest BCUT2D eigenvalue weighted by atomic mass is 15.1. The first-order chi connectivity index (χ1) is 26.5. The number of aryl methyl sites for hydroxylation is 9. The molecule has 0 saturated carbocycles. The number of nitrogens with zero attached hydrogens (tertiary/aromatic N) is 1. The van der Waals surface area contributed by atoms with E-state index in [1.54, 1.807) is 0 Å². The SMILES string of the molecule is Cc1cc(C)c(B(c2cccc(Cc3cccc(N4c5ccccc5B(c5c(C)cccc5C)c5cc(C)ccc54)c3)c2)c2c(C)cc(C)cc2C)c(C)c1. The lowest BCUT2D eigenvalue weighted by Gasteiger charge is -2.38. The van der Waals surface area contributed by atoms with Crippen LogP contribution in [0.3, 0.4) is 0 Å². The smallest absolute Gasteiger partial charge is 0.247 e. The molecule has 0 bridgehead atoms. The van der Waals surface area contributed by atoms with Gasteiger partial charge in [-0.2, -0.15) is 0 Å². The van der Waals surface area contributed by atoms with E-state index in [4.69, 9.17) is 0 Å². The van der Waals surface area contributed by atoms with Crippen LogP contribution in [0.5, 0.6) is 0 Å². The van der Waals surface area contributed by atoms with E-state index in [1.807, 2.05) is 0 Å². The molecule has 1 aliphatic heterocycles. The number of rotatable bonds is 7. The van der Waals surface area contributed by atoms with Crippen molar-refractivity contribution in [2.24, 2.45) is 0 Å². The van der Waals surface area contributed by atoms with E-state index in [0.717, 1.165) is 6.42 Å². The minimum atomic E-state index is 0.155. The minimum absolute atomic E-state index is 0.155. The average molecular weight is 712 g/mol. The van der Waals surface area contributed by atoms with Gasteiger partial charge in [0.05, 0.1) is 0 Å². The lowest BCUT2D eigenvalue weighted by molar-refractivity contribution is 1.18. The summed E-state index contributed by atoms with van der Waals surface area (Å²) >= 11 is 0. The fourth-order valence-electron chi connectivity index (χ4n) is 9.91. The molecule has 0 fully saturated rings. The fourth-order valence-corrected chi connectivity index (χ4v) is 9.91. The topological polar surface area (TPSA) is 3.24 Å². The Morgan fingerprint density at radius 2 is 0.982 bits per heavy atom. The average Bonchev–Trinajstić information content (AvgIpc) is 3.13. The van der Waals surface area contributed by atoms with Gasteiger partial charge in [0, 0.05) is 17.1 Å². The van der Waals surface area contributed by atoms with Crippen molar-refractivity contribution in [2.45, 2.75) is 68.7 Å². The van der Waals surface area contributed by atoms with Crippen LogP contribution in [0, 0.1) is 62.3 Å². The number of para-hydroxylation sites is 1. The molecular weight excluding hydrogens is 660 g/mol. The number of hydrogen-bond acceptors (Lipinski definition) is 1. The number of anilines is 3. The summed E-state index contributed by atoms with van der Waals surface area (Å²) in [4.78, 5) is 2.50. The highest BCUT2D eigenvalue weighted by Gasteiger charge is 2.36. The van der Waals surface area contributed by atoms with Crippen molar-refractivity contribution in [2.75, 3.05) is 4.90 Å². The molecule has 7 aromatic rings. The van der Waals surface area contributed by atoms with Crippen LogP contribution in [0.4, 0.5) is 17.1 Å². The van der Waals surface area contributed by atoms with Crippen LogP contribution in [0.25, 0.3) is 0 Å². The molecule has 0 saturated heterocycles. The van der Waals surface area contributed by atoms with Crippen LogP contribution in [-0.4, -0.2) is 13.4 Å². The zero-order chi connectivity index (χ0) is 38.5. The van der Waals surface area contributed by atoms with Crippen molar-refractivity contribution < 1.29 is 0 Å². The molecule has 0 spiro atoms. The predicted octanol–water partition coefficient (Wildman–Crippen LogP) is 8.87. The lowest BCUT2D eigenvalue weighted by atomic mass is 9.34. The fraction of sp³-hybridized carbons (Fsp3) is 0.192. The minimum Gasteiger partial charge on any atom is -0.312 e. The van der Waals surface area contributed by atoms with Crippen LogP contribution < -0.4 is 37.7 Å². The van der Waals surface area contributed by atoms with Crippen molar-refractivity contribution in [1.29, 1.82) is 0 Å². The van der Waals surface area contributed by atoms with E-state index in [1.165, 1.54) is 111 Å². The number of benzene rings is 7. The first-order valence-electron chi connectivity index (χ1n) is 19.9. The lowest BCUT2D eigenvalue weighted by Crippen LogP contribution is -2.58. The maximum absolute atomic E-state index is 2.50. The third kappa shape index (κ3) is 6.76. The van der Waals surface area contributed by atoms with Gasteiger partial charge < -0.3 is 4.90 Å². The molecule has 1 aliphatic rings. The van der Waals surface area contributed by atoms with Gasteiger partial charge in [0.15, 0.2) is 0 Å². The summed E-state index contributed by atoms with van der Waals surface area (Å²) in [6.45, 7) is 20.7. The Morgan fingerprint density at radius 3 is 1.62 bits per heavy atom. The molecule has 0 radical (unpaired) electrons. The Hall–Kier alpha value is -5.53. The normalized spacial score (nSPS) is 12.1. The number of fused-ring (bicyclic) bond motifs is 2. The van der Waals surface area contributed by atoms with E-state index >= 15 is 0 Å². The third-order valence-electron chi connectivity index (χ3n) is 12.0. The first kappa shape index (κ1) is 36.4. The maximum Gasteiger partial charge on any atom is 0.247 e. The van der Waals surface area contributed by atoms with Gasteiger partial charge in [-0.3, -0.25) is 0 Å². The maximum atomic E-state index is 2.50. The summed E-state index contributed by atoms with van der Waals surface area (Å²) in [5, 5.41) is 0. The zero-order valence-corrected chi connectivity index (χ0v) is 34.0. The van der Waals surface area contributed by atoms with Crippen LogP contribution >= 0.6 is 0 Å². The molecule has 8 rings (SSSR count). The van der Waals surface area contributed by atoms with E-state index < -0.39 is 0 Å². The van der Waals surface area contributed by atoms with Crippen LogP contribution in [0.1, 0.15) is 61.2 Å². The van der Waals surface area contributed by atoms with E-state index in [-0.39, 0.29) is 13.4 Å². The summed E-state index contributed by atoms with van der Waals surface area (Å²) in [5.41, 5.74) is 26.7. The van der Waals surface area contributed by atoms with Crippen molar-refractivity contribution >= 4 is 63.3 Å². The molecule has 0 atom stereocenters. The van der Waals surface area contributed by atoms with Crippen molar-refractivity contribution in [3.05, 3.63) is 195 Å². The van der Waals surface area contributed by atoms with Gasteiger partial charge in [-0.05, 0) is 115 Å². The predicted molar refractivity (Wildman–Crippen MR) is 242 cm³/mol. The van der Waals surface area contributed by atoms with Crippen molar-refractivity contribution in [3.63, 3.8) is 0 Å². The molecule has 3 heteroatoms. The van der Waals surface area contributed by atoms with Crippen molar-refractivity contribution in [1.82, 2.24) is 0 Å². The molecule has 1 nitrogen and oxygen atoms in total. The van der Waals surface area contributed by atoms with E-state index in [2.05, 4.69) is 201 Å². The highest BCUT2D eigenvalue weighted by Crippen LogP contribution is 2.37. The van der Waals surface area contributed by atoms with Gasteiger partial charge in [0.25, 0.3) is 0 Å². The first-order valence-corrected chi connectivity index (χ1v) is 19.9. The standard InChI is InChI=1S/C52H51B2N/c1-33-23-24-49-47(29-33)54(50-36(4)15-12-16-37(50)5)46-21-10-11-22-48(46)55(49)45-20-14-18-43(32-45)30-42-17-13-19-44(31-42)53(51-38(6)25-34(2)26-39(51)7)52-40(8)27-35(3)28-41(52)9/h10-29,31-32H,30H2,1-9H3. The molecule has 0 N–H and O–H groups in total. The van der Waals surface area contributed by atoms with Gasteiger partial charge in [0.2, 0.25) is 13.4 Å². The summed E-state index contributed by atoms with van der Waals surface area (Å²) in [5.74, 6) is 0. The van der Waals surface area contributed by atoms with Gasteiger partial charge in [-0.25, -0.2) is 0 Å². The zero-order valence-electron chi connectivity index (χ0n) is 34.0. The molecule has 0 amide bonds. The van der Waals surface area contributed by atoms with Gasteiger partial charge in [0.1, 0.15) is 0 Å². The second kappa shape index (κ2) is 14.6. The largest absolute Gasteiger partial charge is 0.312 e. The molecule has 55 heavy (non-hydrogen) atoms. The molecule has 0 aromatic heterocycles. The van der Waals surface area contributed by atoms with Crippen LogP contribution in [-0.2, 0) is 6.42 Å². The quantitative estimate of drug-likeness (QED) is 0.150. The molecule has 1 heterocycles. The Labute approximate surface area is 330 Å². The van der Waals surface area contributed by atoms with Gasteiger partial charge in [-0.1, -0.05) is 181 Å². The molecule has 0 unspecified atom stereocenters. The summed E-state index contributed by atoms with van der Waals surface area (Å²) in [6, 6.07) is 50.8. The van der Waals surface area contributed by atoms with Crippen molar-refractivity contribution in [3.8, 4) is 0 Å². The molecule has 270 valence electrons. The Kier molecular flexibility index (Phi) is 9.68. The molecule has 7 aromatic carbocycles. The Balaban J connectivity index is 1.21. The van der Waals surface area contributed by atoms with Crippen LogP contribution in [0.15, 0.2) is 133 Å². The Morgan fingerprint density at radius 1 is 0.436 bits per heavy atom. The van der Waals surface area contributed by atoms with Gasteiger partial charge in [-0.15, -0.1) is 0 Å². The monoisotopic (exact) mass is 711 g/mol. The third-order valence-corrected chi connectivity index (χ3v) is 12.0. The Bertz CT molecular complexity index is 2470. The second-order valence-electron chi connectivity index (χ2n) is 16.3. The van der Waals surface area contributed by atoms with E-state index in [0.29, 0.717) is 0 Å². The molecule has 0 aliphatic carbocycles. The number of hydrogen-bond donors (Lipinski definition) is 0. The second-order valence-corrected chi connectivity index (χ2v) is 16.3. The summed E-state index contributed by atoms with van der Waals surface area (Å²) < 4.78 is 0. The summed E-state index contributed by atoms with van der Waals surface area (Å²) in [6.07, 6.45) is 0.855.